The van der Waals surface area contributed by atoms with Crippen molar-refractivity contribution in [2.24, 2.45) is 10.2 Å². The summed E-state index contributed by atoms with van der Waals surface area (Å²) in [5.41, 5.74) is 1.48. The van der Waals surface area contributed by atoms with E-state index in [4.69, 9.17) is 14.0 Å². The third-order valence-electron chi connectivity index (χ3n) is 6.26. The largest absolute Gasteiger partial charge is 0.495 e. The number of amides is 1. The Hall–Kier alpha value is -3.41. The first-order valence-corrected chi connectivity index (χ1v) is 12.5. The van der Waals surface area contributed by atoms with Gasteiger partial charge in [0.1, 0.15) is 12.4 Å². The summed E-state index contributed by atoms with van der Waals surface area (Å²) in [6.07, 6.45) is 2.66. The molecule has 2 saturated heterocycles. The predicted molar refractivity (Wildman–Crippen MR) is 144 cm³/mol. The highest BCUT2D eigenvalue weighted by Crippen LogP contribution is 2.36. The highest BCUT2D eigenvalue weighted by molar-refractivity contribution is 8.18. The van der Waals surface area contributed by atoms with Gasteiger partial charge in [-0.05, 0) is 68.2 Å². The van der Waals surface area contributed by atoms with Gasteiger partial charge in [-0.25, -0.2) is 4.79 Å². The summed E-state index contributed by atoms with van der Waals surface area (Å²) >= 11 is 0.997. The maximum Gasteiger partial charge on any atom is 0.495 e. The molecule has 1 amide bonds. The second-order valence-corrected chi connectivity index (χ2v) is 10.4. The smallest absolute Gasteiger partial charge is 0.489 e. The Morgan fingerprint density at radius 1 is 1.11 bits per heavy atom. The van der Waals surface area contributed by atoms with E-state index in [1.54, 1.807) is 6.21 Å². The maximum absolute atomic E-state index is 12.1. The molecule has 0 unspecified atom stereocenters. The minimum absolute atomic E-state index is 0.176. The second kappa shape index (κ2) is 10.9. The van der Waals surface area contributed by atoms with E-state index in [1.165, 1.54) is 7.11 Å². The van der Waals surface area contributed by atoms with Gasteiger partial charge in [-0.2, -0.15) is 5.10 Å². The van der Waals surface area contributed by atoms with Crippen molar-refractivity contribution in [2.75, 3.05) is 7.11 Å². The molecular formula is C26H28BN3O6S. The first-order chi connectivity index (χ1) is 17.6. The van der Waals surface area contributed by atoms with Crippen LogP contribution in [0.1, 0.15) is 38.8 Å². The number of carbonyl (C=O) groups is 2. The van der Waals surface area contributed by atoms with E-state index >= 15 is 0 Å². The molecule has 2 heterocycles. The molecule has 0 saturated carbocycles. The number of amidine groups is 1. The Kier molecular flexibility index (Phi) is 7.86. The van der Waals surface area contributed by atoms with Crippen LogP contribution in [-0.4, -0.2) is 48.7 Å². The summed E-state index contributed by atoms with van der Waals surface area (Å²) in [6, 6.07) is 15.5. The average Bonchev–Trinajstić information content (AvgIpc) is 3.31. The van der Waals surface area contributed by atoms with E-state index in [1.807, 2.05) is 76.2 Å². The Labute approximate surface area is 220 Å². The van der Waals surface area contributed by atoms with Crippen molar-refractivity contribution in [1.29, 1.82) is 0 Å². The van der Waals surface area contributed by atoms with Gasteiger partial charge >= 0.3 is 13.1 Å². The van der Waals surface area contributed by atoms with Crippen LogP contribution in [0.3, 0.4) is 0 Å². The van der Waals surface area contributed by atoms with E-state index in [2.05, 4.69) is 20.3 Å². The minimum Gasteiger partial charge on any atom is -0.489 e. The molecule has 2 aliphatic heterocycles. The summed E-state index contributed by atoms with van der Waals surface area (Å²) in [5.74, 6) is -0.426. The lowest BCUT2D eigenvalue weighted by Crippen LogP contribution is -2.41. The molecular weight excluding hydrogens is 493 g/mol. The van der Waals surface area contributed by atoms with Crippen LogP contribution in [0.4, 0.5) is 0 Å². The summed E-state index contributed by atoms with van der Waals surface area (Å²) in [4.78, 5) is 23.7. The molecule has 37 heavy (non-hydrogen) atoms. The van der Waals surface area contributed by atoms with Gasteiger partial charge in [0.05, 0.1) is 29.4 Å². The number of ether oxygens (including phenoxy) is 2. The highest BCUT2D eigenvalue weighted by Gasteiger charge is 2.52. The number of esters is 1. The Balaban J connectivity index is 1.58. The summed E-state index contributed by atoms with van der Waals surface area (Å²) in [7, 11) is 0.628. The molecule has 2 fully saturated rings. The van der Waals surface area contributed by atoms with Crippen molar-refractivity contribution in [1.82, 2.24) is 5.32 Å². The van der Waals surface area contributed by atoms with Crippen LogP contribution in [0.15, 0.2) is 69.7 Å². The number of rotatable bonds is 7. The monoisotopic (exact) mass is 521 g/mol. The number of nitrogens with one attached hydrogen (secondary N) is 1. The zero-order chi connectivity index (χ0) is 26.6. The zero-order valence-corrected chi connectivity index (χ0v) is 22.1. The van der Waals surface area contributed by atoms with Crippen molar-refractivity contribution >= 4 is 47.6 Å². The number of nitrogens with zero attached hydrogens (tertiary/aromatic N) is 2. The van der Waals surface area contributed by atoms with Crippen molar-refractivity contribution in [3.05, 3.63) is 70.6 Å². The number of carbonyl (C=O) groups excluding carboxylic acids is 2. The summed E-state index contributed by atoms with van der Waals surface area (Å²) in [6.45, 7) is 8.37. The highest BCUT2D eigenvalue weighted by atomic mass is 32.2. The van der Waals surface area contributed by atoms with E-state index in [9.17, 15) is 9.59 Å². The third kappa shape index (κ3) is 6.30. The first kappa shape index (κ1) is 26.7. The quantitative estimate of drug-likeness (QED) is 0.196. The van der Waals surface area contributed by atoms with Gasteiger partial charge < -0.3 is 18.8 Å². The molecule has 2 aromatic carbocycles. The van der Waals surface area contributed by atoms with Gasteiger partial charge in [-0.15, -0.1) is 5.10 Å². The van der Waals surface area contributed by atoms with Crippen LogP contribution in [0.25, 0.3) is 0 Å². The van der Waals surface area contributed by atoms with Gasteiger partial charge in [0.2, 0.25) is 0 Å². The molecule has 11 heteroatoms. The number of thioether (sulfide) groups is 1. The number of benzene rings is 2. The predicted octanol–water partition coefficient (Wildman–Crippen LogP) is 3.17. The number of methoxy groups -OCH3 is 1. The fraction of sp³-hybridized carbons (Fsp3) is 0.308. The molecule has 0 aliphatic carbocycles. The molecule has 1 N–H and O–H groups in total. The molecule has 0 bridgehead atoms. The summed E-state index contributed by atoms with van der Waals surface area (Å²) < 4.78 is 23.1. The first-order valence-electron chi connectivity index (χ1n) is 11.6. The minimum atomic E-state index is -0.623. The Morgan fingerprint density at radius 3 is 2.49 bits per heavy atom. The lowest BCUT2D eigenvalue weighted by molar-refractivity contribution is -0.135. The SMILES string of the molecule is COC(=O)/C=C1/S/C(=N\N=Cc2cc(OCc3ccccc3)ccc2B2OC(C)(C)C(C)(C)O2)NC1=O. The van der Waals surface area contributed by atoms with E-state index in [-0.39, 0.29) is 10.1 Å². The van der Waals surface area contributed by atoms with Crippen LogP contribution in [0.5, 0.6) is 5.75 Å². The maximum atomic E-state index is 12.1. The normalized spacial score (nSPS) is 20.6. The van der Waals surface area contributed by atoms with E-state index in [0.717, 1.165) is 28.9 Å². The second-order valence-electron chi connectivity index (χ2n) is 9.39. The van der Waals surface area contributed by atoms with E-state index in [0.29, 0.717) is 17.9 Å². The average molecular weight is 521 g/mol. The molecule has 0 atom stereocenters. The molecule has 0 aromatic heterocycles. The lowest BCUT2D eigenvalue weighted by atomic mass is 9.76. The van der Waals surface area contributed by atoms with Gasteiger partial charge in [-0.1, -0.05) is 36.4 Å². The van der Waals surface area contributed by atoms with Crippen molar-refractivity contribution < 1.29 is 28.4 Å². The molecule has 0 radical (unpaired) electrons. The van der Waals surface area contributed by atoms with E-state index < -0.39 is 30.2 Å². The van der Waals surface area contributed by atoms with Crippen molar-refractivity contribution in [3.8, 4) is 5.75 Å². The van der Waals surface area contributed by atoms with Crippen LogP contribution >= 0.6 is 11.8 Å². The molecule has 0 spiro atoms. The van der Waals surface area contributed by atoms with Crippen molar-refractivity contribution in [2.45, 2.75) is 45.5 Å². The molecule has 192 valence electrons. The van der Waals surface area contributed by atoms with Crippen LogP contribution in [-0.2, 0) is 30.2 Å². The molecule has 4 rings (SSSR count). The van der Waals surface area contributed by atoms with Gasteiger partial charge in [0.25, 0.3) is 5.91 Å². The van der Waals surface area contributed by atoms with Crippen LogP contribution < -0.4 is 15.5 Å². The molecule has 9 nitrogen and oxygen atoms in total. The fourth-order valence-corrected chi connectivity index (χ4v) is 4.20. The lowest BCUT2D eigenvalue weighted by Gasteiger charge is -2.32. The van der Waals surface area contributed by atoms with Crippen LogP contribution in [0, 0.1) is 0 Å². The van der Waals surface area contributed by atoms with Crippen LogP contribution in [0.2, 0.25) is 0 Å². The molecule has 2 aromatic rings. The third-order valence-corrected chi connectivity index (χ3v) is 7.16. The zero-order valence-electron chi connectivity index (χ0n) is 21.3. The van der Waals surface area contributed by atoms with Gasteiger partial charge in [0, 0.05) is 6.08 Å². The summed E-state index contributed by atoms with van der Waals surface area (Å²) in [5, 5.41) is 11.1. The number of hydrogen-bond donors (Lipinski definition) is 1. The Bertz CT molecular complexity index is 1260. The number of hydrogen-bond acceptors (Lipinski definition) is 9. The Morgan fingerprint density at radius 2 is 1.81 bits per heavy atom. The topological polar surface area (TPSA) is 108 Å². The van der Waals surface area contributed by atoms with Gasteiger partial charge in [-0.3, -0.25) is 10.1 Å². The fourth-order valence-electron chi connectivity index (χ4n) is 3.46. The molecule has 2 aliphatic rings. The van der Waals surface area contributed by atoms with Gasteiger partial charge in [0.15, 0.2) is 5.17 Å². The standard InChI is InChI=1S/C26H28BN3O6S/c1-25(2)26(3,4)36-27(35-25)20-12-11-19(34-16-17-9-7-6-8-10-17)13-18(20)15-28-30-24-29-23(32)21(37-24)14-22(31)33-5/h6-15H,16H2,1-5H3,(H,29,30,32)/b21-14+,28-15?. The van der Waals surface area contributed by atoms with Crippen molar-refractivity contribution in [3.63, 3.8) is 0 Å².